The number of hydrogen-bond acceptors (Lipinski definition) is 5. The zero-order chi connectivity index (χ0) is 19.5. The number of fused-ring (bicyclic) bond motifs is 1. The van der Waals surface area contributed by atoms with E-state index in [2.05, 4.69) is 20.3 Å². The van der Waals surface area contributed by atoms with Gasteiger partial charge in [-0.2, -0.15) is 0 Å². The van der Waals surface area contributed by atoms with E-state index in [0.717, 1.165) is 11.3 Å². The van der Waals surface area contributed by atoms with Crippen LogP contribution in [0.2, 0.25) is 0 Å². The first kappa shape index (κ1) is 17.3. The molecule has 28 heavy (non-hydrogen) atoms. The number of carbonyl (C=O) groups is 2. The first-order valence-electron chi connectivity index (χ1n) is 8.55. The lowest BCUT2D eigenvalue weighted by atomic mass is 10.1. The van der Waals surface area contributed by atoms with Gasteiger partial charge in [-0.05, 0) is 23.8 Å². The highest BCUT2D eigenvalue weighted by atomic mass is 16.2. The van der Waals surface area contributed by atoms with E-state index in [4.69, 9.17) is 5.73 Å². The molecule has 0 saturated heterocycles. The fraction of sp³-hybridized carbons (Fsp3) is 0.0500. The Labute approximate surface area is 160 Å². The van der Waals surface area contributed by atoms with E-state index in [1.165, 1.54) is 6.33 Å². The Morgan fingerprint density at radius 1 is 1.04 bits per heavy atom. The summed E-state index contributed by atoms with van der Waals surface area (Å²) in [5.74, 6) is -1.10. The van der Waals surface area contributed by atoms with Gasteiger partial charge < -0.3 is 11.1 Å². The van der Waals surface area contributed by atoms with Crippen molar-refractivity contribution in [3.8, 4) is 11.3 Å². The molecule has 0 aliphatic heterocycles. The number of carbonyl (C=O) groups excluding carboxylic acids is 2. The summed E-state index contributed by atoms with van der Waals surface area (Å²) in [4.78, 5) is 37.0. The van der Waals surface area contributed by atoms with Crippen molar-refractivity contribution in [3.05, 3.63) is 84.2 Å². The summed E-state index contributed by atoms with van der Waals surface area (Å²) >= 11 is 0. The molecule has 3 aromatic heterocycles. The molecule has 0 saturated carbocycles. The van der Waals surface area contributed by atoms with Crippen LogP contribution >= 0.6 is 0 Å². The molecule has 0 aliphatic rings. The lowest BCUT2D eigenvalue weighted by Crippen LogP contribution is -2.25. The summed E-state index contributed by atoms with van der Waals surface area (Å²) in [5, 5.41) is 2.79. The third-order valence-electron chi connectivity index (χ3n) is 4.19. The molecule has 3 heterocycles. The van der Waals surface area contributed by atoms with Gasteiger partial charge in [0.05, 0.1) is 17.9 Å². The minimum atomic E-state index is -0.708. The Hall–Kier alpha value is -4.07. The van der Waals surface area contributed by atoms with E-state index in [1.807, 2.05) is 42.5 Å². The molecule has 0 aliphatic carbocycles. The monoisotopic (exact) mass is 372 g/mol. The molecular weight excluding hydrogens is 356 g/mol. The van der Waals surface area contributed by atoms with E-state index in [9.17, 15) is 9.59 Å². The Morgan fingerprint density at radius 3 is 2.54 bits per heavy atom. The SMILES string of the molecule is NC(=O)c1ncn2c(-c3ccccc3)cc(C(=O)NCc3ccccn3)nc12. The van der Waals surface area contributed by atoms with Crippen molar-refractivity contribution in [2.75, 3.05) is 0 Å². The van der Waals surface area contributed by atoms with E-state index in [1.54, 1.807) is 22.7 Å². The van der Waals surface area contributed by atoms with Gasteiger partial charge in [0.25, 0.3) is 11.8 Å². The van der Waals surface area contributed by atoms with Crippen molar-refractivity contribution in [2.24, 2.45) is 5.73 Å². The van der Waals surface area contributed by atoms with Crippen molar-refractivity contribution in [1.29, 1.82) is 0 Å². The molecule has 4 aromatic rings. The molecule has 0 atom stereocenters. The summed E-state index contributed by atoms with van der Waals surface area (Å²) in [6.45, 7) is 0.259. The van der Waals surface area contributed by atoms with Gasteiger partial charge in [-0.1, -0.05) is 36.4 Å². The van der Waals surface area contributed by atoms with Crippen LogP contribution in [0.3, 0.4) is 0 Å². The smallest absolute Gasteiger partial charge is 0.271 e. The zero-order valence-electron chi connectivity index (χ0n) is 14.7. The average Bonchev–Trinajstić information content (AvgIpc) is 3.17. The Bertz CT molecular complexity index is 1160. The van der Waals surface area contributed by atoms with Crippen molar-refractivity contribution >= 4 is 17.5 Å². The minimum absolute atomic E-state index is 0.0107. The van der Waals surface area contributed by atoms with Crippen LogP contribution in [-0.2, 0) is 6.54 Å². The maximum atomic E-state index is 12.7. The fourth-order valence-electron chi connectivity index (χ4n) is 2.86. The van der Waals surface area contributed by atoms with Gasteiger partial charge in [0.2, 0.25) is 0 Å². The fourth-order valence-corrected chi connectivity index (χ4v) is 2.86. The molecule has 0 spiro atoms. The summed E-state index contributed by atoms with van der Waals surface area (Å²) in [5.41, 5.74) is 8.06. The molecule has 2 amide bonds. The number of benzene rings is 1. The number of nitrogens with two attached hydrogens (primary N) is 1. The van der Waals surface area contributed by atoms with Crippen LogP contribution in [0.25, 0.3) is 16.9 Å². The van der Waals surface area contributed by atoms with Crippen LogP contribution in [0.15, 0.2) is 67.1 Å². The molecule has 0 radical (unpaired) electrons. The molecular formula is C20H16N6O2. The second kappa shape index (κ2) is 7.28. The van der Waals surface area contributed by atoms with Crippen molar-refractivity contribution in [3.63, 3.8) is 0 Å². The summed E-state index contributed by atoms with van der Waals surface area (Å²) in [7, 11) is 0. The van der Waals surface area contributed by atoms with E-state index in [0.29, 0.717) is 5.69 Å². The predicted molar refractivity (Wildman–Crippen MR) is 102 cm³/mol. The standard InChI is InChI=1S/C20H16N6O2/c21-18(27)17-19-25-15(20(28)23-11-14-8-4-5-9-22-14)10-16(26(19)12-24-17)13-6-2-1-3-7-13/h1-10,12H,11H2,(H2,21,27)(H,23,28). The van der Waals surface area contributed by atoms with E-state index < -0.39 is 5.91 Å². The van der Waals surface area contributed by atoms with Crippen molar-refractivity contribution in [2.45, 2.75) is 6.54 Å². The summed E-state index contributed by atoms with van der Waals surface area (Å²) < 4.78 is 1.64. The second-order valence-corrected chi connectivity index (χ2v) is 6.05. The third kappa shape index (κ3) is 3.30. The van der Waals surface area contributed by atoms with Gasteiger partial charge in [-0.25, -0.2) is 9.97 Å². The van der Waals surface area contributed by atoms with E-state index >= 15 is 0 Å². The topological polar surface area (TPSA) is 115 Å². The number of rotatable bonds is 5. The molecule has 0 fully saturated rings. The quantitative estimate of drug-likeness (QED) is 0.554. The number of pyridine rings is 1. The Morgan fingerprint density at radius 2 is 1.82 bits per heavy atom. The third-order valence-corrected chi connectivity index (χ3v) is 4.19. The van der Waals surface area contributed by atoms with Crippen LogP contribution in [0, 0.1) is 0 Å². The molecule has 8 heteroatoms. The summed E-state index contributed by atoms with van der Waals surface area (Å²) in [6, 6.07) is 16.6. The van der Waals surface area contributed by atoms with Crippen molar-refractivity contribution in [1.82, 2.24) is 24.7 Å². The molecule has 0 unspecified atom stereocenters. The van der Waals surface area contributed by atoms with Gasteiger partial charge in [0, 0.05) is 6.20 Å². The molecule has 138 valence electrons. The molecule has 3 N–H and O–H groups in total. The zero-order valence-corrected chi connectivity index (χ0v) is 14.7. The predicted octanol–water partition coefficient (Wildman–Crippen LogP) is 1.82. The maximum absolute atomic E-state index is 12.7. The maximum Gasteiger partial charge on any atom is 0.271 e. The highest BCUT2D eigenvalue weighted by Crippen LogP contribution is 2.22. The minimum Gasteiger partial charge on any atom is -0.364 e. The van der Waals surface area contributed by atoms with Crippen LogP contribution in [0.4, 0.5) is 0 Å². The molecule has 1 aromatic carbocycles. The van der Waals surface area contributed by atoms with Crippen LogP contribution < -0.4 is 11.1 Å². The molecule has 4 rings (SSSR count). The largest absolute Gasteiger partial charge is 0.364 e. The first-order chi connectivity index (χ1) is 13.6. The number of nitrogens with one attached hydrogen (secondary N) is 1. The summed E-state index contributed by atoms with van der Waals surface area (Å²) in [6.07, 6.45) is 3.13. The highest BCUT2D eigenvalue weighted by Gasteiger charge is 2.18. The second-order valence-electron chi connectivity index (χ2n) is 6.05. The van der Waals surface area contributed by atoms with Gasteiger partial charge in [0.1, 0.15) is 12.0 Å². The van der Waals surface area contributed by atoms with Crippen LogP contribution in [0.5, 0.6) is 0 Å². The molecule has 0 bridgehead atoms. The van der Waals surface area contributed by atoms with Crippen LogP contribution in [-0.4, -0.2) is 31.2 Å². The Balaban J connectivity index is 1.76. The lowest BCUT2D eigenvalue weighted by molar-refractivity contribution is 0.0943. The Kier molecular flexibility index (Phi) is 4.51. The number of nitrogens with zero attached hydrogens (tertiary/aromatic N) is 4. The van der Waals surface area contributed by atoms with Gasteiger partial charge in [0.15, 0.2) is 11.3 Å². The number of imidazole rings is 1. The number of amides is 2. The van der Waals surface area contributed by atoms with Crippen LogP contribution in [0.1, 0.15) is 26.7 Å². The number of hydrogen-bond donors (Lipinski definition) is 2. The lowest BCUT2D eigenvalue weighted by Gasteiger charge is -2.10. The molecule has 8 nitrogen and oxygen atoms in total. The normalized spacial score (nSPS) is 10.7. The van der Waals surface area contributed by atoms with Gasteiger partial charge >= 0.3 is 0 Å². The van der Waals surface area contributed by atoms with Gasteiger partial charge in [-0.3, -0.25) is 19.0 Å². The van der Waals surface area contributed by atoms with Gasteiger partial charge in [-0.15, -0.1) is 0 Å². The highest BCUT2D eigenvalue weighted by molar-refractivity contribution is 5.99. The van der Waals surface area contributed by atoms with Crippen molar-refractivity contribution < 1.29 is 9.59 Å². The number of primary amides is 1. The van der Waals surface area contributed by atoms with E-state index in [-0.39, 0.29) is 29.5 Å². The number of aromatic nitrogens is 4. The first-order valence-corrected chi connectivity index (χ1v) is 8.55. The average molecular weight is 372 g/mol.